The van der Waals surface area contributed by atoms with E-state index in [1.807, 2.05) is 69.3 Å². The summed E-state index contributed by atoms with van der Waals surface area (Å²) in [5, 5.41) is 19.2. The van der Waals surface area contributed by atoms with E-state index in [1.54, 1.807) is 10.3 Å². The van der Waals surface area contributed by atoms with E-state index in [0.717, 1.165) is 53.9 Å². The van der Waals surface area contributed by atoms with E-state index in [1.165, 1.54) is 11.3 Å². The van der Waals surface area contributed by atoms with Crippen LogP contribution in [0.3, 0.4) is 0 Å². The zero-order chi connectivity index (χ0) is 32.4. The number of hydrogen-bond donors (Lipinski definition) is 4. The van der Waals surface area contributed by atoms with E-state index in [2.05, 4.69) is 25.6 Å². The fourth-order valence-corrected chi connectivity index (χ4v) is 7.85. The van der Waals surface area contributed by atoms with Crippen LogP contribution in [0.25, 0.3) is 11.0 Å². The number of aromatic amines is 1. The molecule has 4 N–H and O–H groups in total. The van der Waals surface area contributed by atoms with Crippen molar-refractivity contribution >= 4 is 51.8 Å². The van der Waals surface area contributed by atoms with Gasteiger partial charge in [0.2, 0.25) is 11.9 Å². The smallest absolute Gasteiger partial charge is 0.307 e. The molecule has 2 aromatic heterocycles. The lowest BCUT2D eigenvalue weighted by Crippen LogP contribution is -2.34. The van der Waals surface area contributed by atoms with Crippen LogP contribution < -0.4 is 15.5 Å². The number of carbonyl (C=O) groups is 3. The second-order valence-corrected chi connectivity index (χ2v) is 14.6. The van der Waals surface area contributed by atoms with Crippen molar-refractivity contribution in [2.45, 2.75) is 77.8 Å². The number of carboxylic acid groups (broad SMARTS) is 1. The molecule has 1 aliphatic heterocycles. The van der Waals surface area contributed by atoms with Gasteiger partial charge >= 0.3 is 5.97 Å². The first-order valence-corrected chi connectivity index (χ1v) is 17.0. The molecule has 0 radical (unpaired) electrons. The molecule has 1 fully saturated rings. The molecular weight excluding hydrogens is 600 g/mol. The van der Waals surface area contributed by atoms with E-state index >= 15 is 0 Å². The quantitative estimate of drug-likeness (QED) is 0.162. The second kappa shape index (κ2) is 13.2. The summed E-state index contributed by atoms with van der Waals surface area (Å²) in [6.45, 7) is 6.64. The summed E-state index contributed by atoms with van der Waals surface area (Å²) in [6.07, 6.45) is 4.74. The highest BCUT2D eigenvalue weighted by atomic mass is 32.1. The number of nitrogens with one attached hydrogen (secondary N) is 3. The number of carboxylic acids is 1. The van der Waals surface area contributed by atoms with Crippen LogP contribution in [-0.4, -0.2) is 50.4 Å². The van der Waals surface area contributed by atoms with E-state index in [4.69, 9.17) is 0 Å². The van der Waals surface area contributed by atoms with Crippen molar-refractivity contribution in [1.29, 1.82) is 0 Å². The summed E-state index contributed by atoms with van der Waals surface area (Å²) < 4.78 is 0. The number of thiazole rings is 1. The predicted octanol–water partition coefficient (Wildman–Crippen LogP) is 6.58. The van der Waals surface area contributed by atoms with E-state index in [-0.39, 0.29) is 30.7 Å². The first kappa shape index (κ1) is 31.7. The van der Waals surface area contributed by atoms with E-state index < -0.39 is 17.3 Å². The summed E-state index contributed by atoms with van der Waals surface area (Å²) >= 11 is 1.36. The number of fused-ring (bicyclic) bond motifs is 2. The van der Waals surface area contributed by atoms with Crippen LogP contribution in [0.15, 0.2) is 53.9 Å². The first-order chi connectivity index (χ1) is 22.1. The van der Waals surface area contributed by atoms with Gasteiger partial charge in [0, 0.05) is 36.0 Å². The minimum atomic E-state index is -0.851. The number of carbonyl (C=O) groups excluding carboxylic acids is 2. The fourth-order valence-electron chi connectivity index (χ4n) is 7.09. The Kier molecular flexibility index (Phi) is 9.13. The molecule has 2 amide bonds. The molecule has 6 rings (SSSR count). The fraction of sp³-hybridized carbons (Fsp3) is 0.457. The Bertz CT molecular complexity index is 1680. The van der Waals surface area contributed by atoms with Gasteiger partial charge in [0.05, 0.1) is 23.5 Å². The molecule has 242 valence electrons. The number of hydrogen-bond acceptors (Lipinski definition) is 7. The monoisotopic (exact) mass is 642 g/mol. The normalized spacial score (nSPS) is 21.0. The zero-order valence-electron chi connectivity index (χ0n) is 26.6. The van der Waals surface area contributed by atoms with Crippen LogP contribution in [0.1, 0.15) is 86.3 Å². The third-order valence-electron chi connectivity index (χ3n) is 9.40. The maximum atomic E-state index is 13.4. The van der Waals surface area contributed by atoms with Crippen LogP contribution in [0.4, 0.5) is 11.6 Å². The molecule has 2 atom stereocenters. The molecule has 1 aliphatic carbocycles. The highest BCUT2D eigenvalue weighted by Gasteiger charge is 2.42. The number of rotatable bonds is 9. The SMILES string of the molecule is CC(C)(C)C(C(=O)O)C1CCC(=O)N(Cc2nc(C(=O)NCC3CCC(Nc4nc5ccccc5[nH]4)CC3)cs2)c2ccccc21. The van der Waals surface area contributed by atoms with Gasteiger partial charge in [-0.15, -0.1) is 11.3 Å². The number of imidazole rings is 1. The molecule has 0 saturated heterocycles. The highest BCUT2D eigenvalue weighted by Crippen LogP contribution is 2.46. The molecule has 4 aromatic rings. The van der Waals surface area contributed by atoms with Crippen molar-refractivity contribution in [2.75, 3.05) is 16.8 Å². The minimum Gasteiger partial charge on any atom is -0.481 e. The Hall–Kier alpha value is -4.25. The summed E-state index contributed by atoms with van der Waals surface area (Å²) in [4.78, 5) is 53.1. The second-order valence-electron chi connectivity index (χ2n) is 13.7. The Balaban J connectivity index is 1.05. The number of anilines is 2. The van der Waals surface area contributed by atoms with Crippen LogP contribution in [-0.2, 0) is 16.1 Å². The van der Waals surface area contributed by atoms with Gasteiger partial charge in [0.25, 0.3) is 5.91 Å². The van der Waals surface area contributed by atoms with Crippen molar-refractivity contribution in [1.82, 2.24) is 20.3 Å². The summed E-state index contributed by atoms with van der Waals surface area (Å²) in [7, 11) is 0. The minimum absolute atomic E-state index is 0.0698. The Morgan fingerprint density at radius 2 is 1.78 bits per heavy atom. The molecule has 2 unspecified atom stereocenters. The van der Waals surface area contributed by atoms with Gasteiger partial charge in [0.1, 0.15) is 10.7 Å². The van der Waals surface area contributed by atoms with Crippen LogP contribution in [0.5, 0.6) is 0 Å². The van der Waals surface area contributed by atoms with Crippen LogP contribution in [0.2, 0.25) is 0 Å². The van der Waals surface area contributed by atoms with Crippen LogP contribution in [0, 0.1) is 17.3 Å². The van der Waals surface area contributed by atoms with Crippen molar-refractivity contribution in [3.8, 4) is 0 Å². The summed E-state index contributed by atoms with van der Waals surface area (Å²) in [5.41, 5.74) is 3.43. The largest absolute Gasteiger partial charge is 0.481 e. The third-order valence-corrected chi connectivity index (χ3v) is 10.2. The molecule has 0 bridgehead atoms. The molecule has 1 saturated carbocycles. The van der Waals surface area contributed by atoms with Crippen molar-refractivity contribution < 1.29 is 19.5 Å². The van der Waals surface area contributed by atoms with E-state index in [0.29, 0.717) is 35.6 Å². The molecular formula is C35H42N6O4S. The van der Waals surface area contributed by atoms with Gasteiger partial charge in [-0.25, -0.2) is 9.97 Å². The van der Waals surface area contributed by atoms with Crippen molar-refractivity contribution in [2.24, 2.45) is 17.3 Å². The molecule has 11 heteroatoms. The number of aliphatic carboxylic acids is 1. The van der Waals surface area contributed by atoms with Gasteiger partial charge < -0.3 is 25.6 Å². The van der Waals surface area contributed by atoms with Gasteiger partial charge in [-0.1, -0.05) is 51.1 Å². The number of benzene rings is 2. The molecule has 2 aliphatic rings. The number of para-hydroxylation sites is 3. The number of nitrogens with zero attached hydrogens (tertiary/aromatic N) is 3. The lowest BCUT2D eigenvalue weighted by molar-refractivity contribution is -0.147. The number of aromatic nitrogens is 3. The average molecular weight is 643 g/mol. The van der Waals surface area contributed by atoms with Crippen molar-refractivity contribution in [3.05, 3.63) is 70.2 Å². The maximum absolute atomic E-state index is 13.4. The summed E-state index contributed by atoms with van der Waals surface area (Å²) in [5.74, 6) is -0.858. The lowest BCUT2D eigenvalue weighted by atomic mass is 9.69. The van der Waals surface area contributed by atoms with Gasteiger partial charge in [-0.2, -0.15) is 0 Å². The van der Waals surface area contributed by atoms with Gasteiger partial charge in [-0.05, 0) is 67.2 Å². The maximum Gasteiger partial charge on any atom is 0.307 e. The lowest BCUT2D eigenvalue weighted by Gasteiger charge is -2.34. The number of amides is 2. The predicted molar refractivity (Wildman–Crippen MR) is 180 cm³/mol. The Labute approximate surface area is 273 Å². The molecule has 3 heterocycles. The third kappa shape index (κ3) is 6.94. The van der Waals surface area contributed by atoms with E-state index in [9.17, 15) is 19.5 Å². The first-order valence-electron chi connectivity index (χ1n) is 16.1. The van der Waals surface area contributed by atoms with Gasteiger partial charge in [-0.3, -0.25) is 14.4 Å². The highest BCUT2D eigenvalue weighted by molar-refractivity contribution is 7.09. The topological polar surface area (TPSA) is 140 Å². The summed E-state index contributed by atoms with van der Waals surface area (Å²) in [6, 6.07) is 15.9. The number of H-pyrrole nitrogens is 1. The molecule has 10 nitrogen and oxygen atoms in total. The molecule has 46 heavy (non-hydrogen) atoms. The average Bonchev–Trinajstić information content (AvgIpc) is 3.64. The molecule has 0 spiro atoms. The molecule has 2 aromatic carbocycles. The Morgan fingerprint density at radius 1 is 1.04 bits per heavy atom. The zero-order valence-corrected chi connectivity index (χ0v) is 27.4. The standard InChI is InChI=1S/C35H42N6O4S/c1-35(2,3)31(33(44)45)24-16-17-30(42)41(28-11-7-4-8-23(24)28)19-29-38-27(20-46-29)32(43)36-18-21-12-14-22(15-13-21)37-34-39-25-9-5-6-10-26(25)40-34/h4-11,20-22,24,31H,12-19H2,1-3H3,(H,36,43)(H,44,45)(H2,37,39,40). The Morgan fingerprint density at radius 3 is 2.52 bits per heavy atom. The van der Waals surface area contributed by atoms with Crippen molar-refractivity contribution in [3.63, 3.8) is 0 Å². The van der Waals surface area contributed by atoms with Gasteiger partial charge in [0.15, 0.2) is 0 Å². The van der Waals surface area contributed by atoms with Crippen LogP contribution >= 0.6 is 11.3 Å².